The van der Waals surface area contributed by atoms with Crippen LogP contribution < -0.4 is 5.73 Å². The van der Waals surface area contributed by atoms with E-state index in [0.29, 0.717) is 6.54 Å². The Morgan fingerprint density at radius 3 is 2.31 bits per heavy atom. The van der Waals surface area contributed by atoms with Crippen LogP contribution in [0.3, 0.4) is 0 Å². The molecule has 0 spiro atoms. The Hall–Kier alpha value is -0.890. The van der Waals surface area contributed by atoms with Gasteiger partial charge in [-0.3, -0.25) is 0 Å². The molecule has 0 bridgehead atoms. The van der Waals surface area contributed by atoms with Crippen LogP contribution in [-0.2, 0) is 12.0 Å². The zero-order valence-corrected chi connectivity index (χ0v) is 8.39. The Labute approximate surface area is 78.8 Å². The maximum Gasteiger partial charge on any atom is 0.123 e. The van der Waals surface area contributed by atoms with Crippen LogP contribution in [0.2, 0.25) is 0 Å². The molecule has 1 aromatic carbocycles. The topological polar surface area (TPSA) is 26.0 Å². The van der Waals surface area contributed by atoms with Crippen LogP contribution in [0.15, 0.2) is 18.2 Å². The van der Waals surface area contributed by atoms with E-state index in [1.165, 1.54) is 6.07 Å². The molecule has 0 atom stereocenters. The van der Waals surface area contributed by atoms with Gasteiger partial charge in [-0.25, -0.2) is 4.39 Å². The van der Waals surface area contributed by atoms with Gasteiger partial charge >= 0.3 is 0 Å². The van der Waals surface area contributed by atoms with Crippen LogP contribution in [0.25, 0.3) is 0 Å². The van der Waals surface area contributed by atoms with E-state index in [1.807, 2.05) is 6.07 Å². The fourth-order valence-corrected chi connectivity index (χ4v) is 1.20. The molecule has 0 aliphatic carbocycles. The maximum absolute atomic E-state index is 13.1. The van der Waals surface area contributed by atoms with Crippen molar-refractivity contribution in [3.8, 4) is 0 Å². The van der Waals surface area contributed by atoms with E-state index in [-0.39, 0.29) is 11.2 Å². The first-order chi connectivity index (χ1) is 5.93. The van der Waals surface area contributed by atoms with Gasteiger partial charge in [0, 0.05) is 6.54 Å². The molecule has 0 aromatic heterocycles. The maximum atomic E-state index is 13.1. The third kappa shape index (κ3) is 2.52. The highest BCUT2D eigenvalue weighted by molar-refractivity contribution is 5.29. The summed E-state index contributed by atoms with van der Waals surface area (Å²) in [4.78, 5) is 0. The molecule has 0 fully saturated rings. The van der Waals surface area contributed by atoms with E-state index in [0.717, 1.165) is 11.1 Å². The van der Waals surface area contributed by atoms with E-state index in [2.05, 4.69) is 20.8 Å². The molecule has 13 heavy (non-hydrogen) atoms. The van der Waals surface area contributed by atoms with Crippen LogP contribution >= 0.6 is 0 Å². The summed E-state index contributed by atoms with van der Waals surface area (Å²) in [6, 6.07) is 5.01. The molecule has 0 amide bonds. The molecule has 2 N–H and O–H groups in total. The number of hydrogen-bond acceptors (Lipinski definition) is 1. The number of halogens is 1. The Kier molecular flexibility index (Phi) is 2.71. The Balaban J connectivity index is 3.16. The highest BCUT2D eigenvalue weighted by Gasteiger charge is 2.14. The van der Waals surface area contributed by atoms with Gasteiger partial charge in [-0.05, 0) is 28.7 Å². The molecule has 0 saturated carbocycles. The fraction of sp³-hybridized carbons (Fsp3) is 0.455. The van der Waals surface area contributed by atoms with Crippen LogP contribution in [0.5, 0.6) is 0 Å². The highest BCUT2D eigenvalue weighted by Crippen LogP contribution is 2.23. The van der Waals surface area contributed by atoms with Crippen LogP contribution in [-0.4, -0.2) is 0 Å². The molecule has 1 rings (SSSR count). The number of rotatable bonds is 1. The van der Waals surface area contributed by atoms with Crippen molar-refractivity contribution in [3.05, 3.63) is 35.1 Å². The second-order valence-electron chi connectivity index (χ2n) is 4.30. The summed E-state index contributed by atoms with van der Waals surface area (Å²) in [6.07, 6.45) is 0. The quantitative estimate of drug-likeness (QED) is 0.708. The van der Waals surface area contributed by atoms with Crippen molar-refractivity contribution in [1.82, 2.24) is 0 Å². The van der Waals surface area contributed by atoms with Crippen LogP contribution in [0.4, 0.5) is 4.39 Å². The summed E-state index contributed by atoms with van der Waals surface area (Å²) in [5.41, 5.74) is 7.29. The second-order valence-corrected chi connectivity index (χ2v) is 4.30. The van der Waals surface area contributed by atoms with Gasteiger partial charge in [0.25, 0.3) is 0 Å². The lowest BCUT2D eigenvalue weighted by atomic mass is 9.86. The van der Waals surface area contributed by atoms with Gasteiger partial charge in [0.05, 0.1) is 0 Å². The first-order valence-electron chi connectivity index (χ1n) is 4.43. The lowest BCUT2D eigenvalue weighted by Gasteiger charge is -2.19. The predicted molar refractivity (Wildman–Crippen MR) is 53.0 cm³/mol. The average Bonchev–Trinajstić information content (AvgIpc) is 2.01. The molecule has 0 radical (unpaired) electrons. The summed E-state index contributed by atoms with van der Waals surface area (Å²) < 4.78 is 13.1. The number of hydrogen-bond donors (Lipinski definition) is 1. The Morgan fingerprint density at radius 1 is 1.23 bits per heavy atom. The van der Waals surface area contributed by atoms with Gasteiger partial charge in [0.15, 0.2) is 0 Å². The van der Waals surface area contributed by atoms with Crippen molar-refractivity contribution in [1.29, 1.82) is 0 Å². The molecule has 0 aliphatic heterocycles. The average molecular weight is 181 g/mol. The van der Waals surface area contributed by atoms with Crippen molar-refractivity contribution in [2.75, 3.05) is 0 Å². The molecule has 0 aliphatic rings. The van der Waals surface area contributed by atoms with E-state index in [9.17, 15) is 4.39 Å². The molecular formula is C11H16FN. The lowest BCUT2D eigenvalue weighted by Crippen LogP contribution is -2.12. The monoisotopic (exact) mass is 181 g/mol. The second kappa shape index (κ2) is 3.46. The molecule has 0 heterocycles. The summed E-state index contributed by atoms with van der Waals surface area (Å²) in [5, 5.41) is 0. The third-order valence-electron chi connectivity index (χ3n) is 2.06. The zero-order valence-electron chi connectivity index (χ0n) is 8.39. The van der Waals surface area contributed by atoms with Gasteiger partial charge in [-0.1, -0.05) is 26.8 Å². The van der Waals surface area contributed by atoms with E-state index >= 15 is 0 Å². The smallest absolute Gasteiger partial charge is 0.123 e. The van der Waals surface area contributed by atoms with Crippen molar-refractivity contribution >= 4 is 0 Å². The minimum Gasteiger partial charge on any atom is -0.326 e. The number of nitrogens with two attached hydrogens (primary N) is 1. The molecule has 1 nitrogen and oxygen atoms in total. The van der Waals surface area contributed by atoms with Gasteiger partial charge in [0.2, 0.25) is 0 Å². The number of benzene rings is 1. The van der Waals surface area contributed by atoms with Crippen LogP contribution in [0, 0.1) is 5.82 Å². The van der Waals surface area contributed by atoms with Crippen molar-refractivity contribution in [2.24, 2.45) is 5.73 Å². The van der Waals surface area contributed by atoms with Gasteiger partial charge < -0.3 is 5.73 Å². The summed E-state index contributed by atoms with van der Waals surface area (Å²) in [6.45, 7) is 6.56. The minimum absolute atomic E-state index is 0.0218. The standard InChI is InChI=1S/C11H16FN/c1-11(2,3)9-4-8(7-13)5-10(12)6-9/h4-6H,7,13H2,1-3H3. The van der Waals surface area contributed by atoms with E-state index < -0.39 is 0 Å². The first kappa shape index (κ1) is 10.2. The molecule has 0 unspecified atom stereocenters. The van der Waals surface area contributed by atoms with Crippen LogP contribution in [0.1, 0.15) is 31.9 Å². The summed E-state index contributed by atoms with van der Waals surface area (Å²) >= 11 is 0. The molecule has 0 saturated heterocycles. The van der Waals surface area contributed by atoms with Gasteiger partial charge in [-0.15, -0.1) is 0 Å². The fourth-order valence-electron chi connectivity index (χ4n) is 1.20. The molecule has 2 heteroatoms. The summed E-state index contributed by atoms with van der Waals surface area (Å²) in [7, 11) is 0. The Morgan fingerprint density at radius 2 is 1.85 bits per heavy atom. The zero-order chi connectivity index (χ0) is 10.1. The van der Waals surface area contributed by atoms with Gasteiger partial charge in [0.1, 0.15) is 5.82 Å². The molecule has 1 aromatic rings. The van der Waals surface area contributed by atoms with Gasteiger partial charge in [-0.2, -0.15) is 0 Å². The van der Waals surface area contributed by atoms with Crippen molar-refractivity contribution in [3.63, 3.8) is 0 Å². The minimum atomic E-state index is -0.201. The molecule has 72 valence electrons. The Bertz CT molecular complexity index is 299. The third-order valence-corrected chi connectivity index (χ3v) is 2.06. The highest BCUT2D eigenvalue weighted by atomic mass is 19.1. The van der Waals surface area contributed by atoms with Crippen molar-refractivity contribution in [2.45, 2.75) is 32.7 Å². The van der Waals surface area contributed by atoms with E-state index in [1.54, 1.807) is 6.07 Å². The predicted octanol–water partition coefficient (Wildman–Crippen LogP) is 2.58. The largest absolute Gasteiger partial charge is 0.326 e. The first-order valence-corrected chi connectivity index (χ1v) is 4.43. The normalized spacial score (nSPS) is 11.8. The van der Waals surface area contributed by atoms with E-state index in [4.69, 9.17) is 5.73 Å². The SMILES string of the molecule is CC(C)(C)c1cc(F)cc(CN)c1. The summed E-state index contributed by atoms with van der Waals surface area (Å²) in [5.74, 6) is -0.201. The van der Waals surface area contributed by atoms with Crippen molar-refractivity contribution < 1.29 is 4.39 Å². The lowest BCUT2D eigenvalue weighted by molar-refractivity contribution is 0.570. The molecular weight excluding hydrogens is 165 g/mol.